The Morgan fingerprint density at radius 2 is 1.83 bits per heavy atom. The summed E-state index contributed by atoms with van der Waals surface area (Å²) in [6.45, 7) is 4.63. The fourth-order valence-electron chi connectivity index (χ4n) is 2.99. The average Bonchev–Trinajstić information content (AvgIpc) is 2.74. The highest BCUT2D eigenvalue weighted by Crippen LogP contribution is 2.21. The predicted octanol–water partition coefficient (Wildman–Crippen LogP) is 5.21. The monoisotopic (exact) mass is 494 g/mol. The molecule has 0 saturated carbocycles. The summed E-state index contributed by atoms with van der Waals surface area (Å²) in [6, 6.07) is 14.0. The van der Waals surface area contributed by atoms with E-state index in [2.05, 4.69) is 28.2 Å². The molecule has 0 radical (unpaired) electrons. The summed E-state index contributed by atoms with van der Waals surface area (Å²) < 4.78 is 6.60. The standard InChI is InChI=1S/C23H28BrClN2O3/c1-3-5-14-26-23(29)21(4-2)27(15-17-8-6-7-9-20(17)25)22(28)16-30-19-12-10-18(24)11-13-19/h6-13,21H,3-5,14-16H2,1-2H3,(H,26,29)/t21-/m1/s1. The summed E-state index contributed by atoms with van der Waals surface area (Å²) in [5.41, 5.74) is 0.788. The van der Waals surface area contributed by atoms with Gasteiger partial charge in [0.15, 0.2) is 6.61 Å². The van der Waals surface area contributed by atoms with Crippen molar-refractivity contribution >= 4 is 39.3 Å². The molecule has 0 heterocycles. The van der Waals surface area contributed by atoms with Gasteiger partial charge in [-0.05, 0) is 48.7 Å². The number of rotatable bonds is 11. The van der Waals surface area contributed by atoms with Crippen LogP contribution in [0.25, 0.3) is 0 Å². The van der Waals surface area contributed by atoms with Crippen LogP contribution in [0.4, 0.5) is 0 Å². The molecule has 0 aliphatic rings. The molecule has 2 aromatic rings. The van der Waals surface area contributed by atoms with Crippen LogP contribution in [0.1, 0.15) is 38.7 Å². The number of benzene rings is 2. The third kappa shape index (κ3) is 7.33. The van der Waals surface area contributed by atoms with Crippen LogP contribution in [-0.4, -0.2) is 35.9 Å². The Labute approximate surface area is 191 Å². The summed E-state index contributed by atoms with van der Waals surface area (Å²) in [7, 11) is 0. The van der Waals surface area contributed by atoms with Crippen molar-refractivity contribution < 1.29 is 14.3 Å². The normalized spacial score (nSPS) is 11.6. The van der Waals surface area contributed by atoms with Gasteiger partial charge in [0, 0.05) is 22.6 Å². The van der Waals surface area contributed by atoms with Crippen LogP contribution in [0.5, 0.6) is 5.75 Å². The van der Waals surface area contributed by atoms with Crippen molar-refractivity contribution in [3.8, 4) is 5.75 Å². The number of nitrogens with one attached hydrogen (secondary N) is 1. The number of unbranched alkanes of at least 4 members (excludes halogenated alkanes) is 1. The third-order valence-electron chi connectivity index (χ3n) is 4.69. The first-order valence-corrected chi connectivity index (χ1v) is 11.3. The number of amides is 2. The summed E-state index contributed by atoms with van der Waals surface area (Å²) in [5.74, 6) is 0.162. The molecule has 0 spiro atoms. The zero-order chi connectivity index (χ0) is 21.9. The molecule has 7 heteroatoms. The van der Waals surface area contributed by atoms with Crippen molar-refractivity contribution in [2.24, 2.45) is 0 Å². The summed E-state index contributed by atoms with van der Waals surface area (Å²) in [4.78, 5) is 27.5. The van der Waals surface area contributed by atoms with E-state index in [1.165, 1.54) is 0 Å². The van der Waals surface area contributed by atoms with Crippen molar-refractivity contribution in [2.75, 3.05) is 13.2 Å². The maximum Gasteiger partial charge on any atom is 0.261 e. The van der Waals surface area contributed by atoms with Gasteiger partial charge < -0.3 is 15.0 Å². The Kier molecular flexibility index (Phi) is 10.2. The van der Waals surface area contributed by atoms with Gasteiger partial charge in [0.05, 0.1) is 0 Å². The van der Waals surface area contributed by atoms with E-state index in [4.69, 9.17) is 16.3 Å². The SMILES string of the molecule is CCCCNC(=O)[C@@H](CC)N(Cc1ccccc1Cl)C(=O)COc1ccc(Br)cc1. The summed E-state index contributed by atoms with van der Waals surface area (Å²) in [6.07, 6.45) is 2.38. The number of ether oxygens (including phenoxy) is 1. The number of carbonyl (C=O) groups is 2. The van der Waals surface area contributed by atoms with Crippen LogP contribution in [-0.2, 0) is 16.1 Å². The van der Waals surface area contributed by atoms with Gasteiger partial charge in [-0.25, -0.2) is 0 Å². The lowest BCUT2D eigenvalue weighted by molar-refractivity contribution is -0.143. The van der Waals surface area contributed by atoms with E-state index in [9.17, 15) is 9.59 Å². The molecule has 0 unspecified atom stereocenters. The van der Waals surface area contributed by atoms with E-state index < -0.39 is 6.04 Å². The Morgan fingerprint density at radius 1 is 1.13 bits per heavy atom. The van der Waals surface area contributed by atoms with E-state index in [1.54, 1.807) is 23.1 Å². The molecule has 0 fully saturated rings. The lowest BCUT2D eigenvalue weighted by Gasteiger charge is -2.30. The summed E-state index contributed by atoms with van der Waals surface area (Å²) >= 11 is 9.69. The van der Waals surface area contributed by atoms with E-state index in [1.807, 2.05) is 37.3 Å². The maximum atomic E-state index is 13.1. The second-order valence-corrected chi connectivity index (χ2v) is 8.25. The van der Waals surface area contributed by atoms with E-state index in [-0.39, 0.29) is 25.0 Å². The molecule has 1 N–H and O–H groups in total. The Morgan fingerprint density at radius 3 is 2.47 bits per heavy atom. The first-order chi connectivity index (χ1) is 14.5. The van der Waals surface area contributed by atoms with Gasteiger partial charge in [0.1, 0.15) is 11.8 Å². The molecule has 0 saturated heterocycles. The summed E-state index contributed by atoms with van der Waals surface area (Å²) in [5, 5.41) is 3.50. The van der Waals surface area contributed by atoms with E-state index >= 15 is 0 Å². The van der Waals surface area contributed by atoms with Gasteiger partial charge in [-0.1, -0.05) is 66.0 Å². The number of hydrogen-bond acceptors (Lipinski definition) is 3. The van der Waals surface area contributed by atoms with Crippen molar-refractivity contribution in [3.05, 3.63) is 63.6 Å². The molecular weight excluding hydrogens is 468 g/mol. The maximum absolute atomic E-state index is 13.1. The van der Waals surface area contributed by atoms with Gasteiger partial charge in [0.2, 0.25) is 5.91 Å². The zero-order valence-corrected chi connectivity index (χ0v) is 19.7. The molecule has 0 aliphatic carbocycles. The second kappa shape index (κ2) is 12.6. The Balaban J connectivity index is 2.17. The highest BCUT2D eigenvalue weighted by Gasteiger charge is 2.29. The number of hydrogen-bond donors (Lipinski definition) is 1. The van der Waals surface area contributed by atoms with Gasteiger partial charge in [-0.15, -0.1) is 0 Å². The first kappa shape index (κ1) is 24.2. The minimum Gasteiger partial charge on any atom is -0.484 e. The first-order valence-electron chi connectivity index (χ1n) is 10.1. The highest BCUT2D eigenvalue weighted by molar-refractivity contribution is 9.10. The fraction of sp³-hybridized carbons (Fsp3) is 0.391. The molecule has 30 heavy (non-hydrogen) atoms. The lowest BCUT2D eigenvalue weighted by Crippen LogP contribution is -2.50. The average molecular weight is 496 g/mol. The molecule has 0 aliphatic heterocycles. The predicted molar refractivity (Wildman–Crippen MR) is 124 cm³/mol. The van der Waals surface area contributed by atoms with Crippen LogP contribution in [0.2, 0.25) is 5.02 Å². The molecule has 0 bridgehead atoms. The Hall–Kier alpha value is -2.05. The molecule has 2 aromatic carbocycles. The molecule has 2 rings (SSSR count). The van der Waals surface area contributed by atoms with E-state index in [0.29, 0.717) is 23.7 Å². The zero-order valence-electron chi connectivity index (χ0n) is 17.4. The minimum absolute atomic E-state index is 0.157. The minimum atomic E-state index is -0.598. The number of halogens is 2. The van der Waals surface area contributed by atoms with Crippen LogP contribution >= 0.6 is 27.5 Å². The second-order valence-electron chi connectivity index (χ2n) is 6.92. The van der Waals surface area contributed by atoms with Crippen LogP contribution < -0.4 is 10.1 Å². The fourth-order valence-corrected chi connectivity index (χ4v) is 3.45. The molecular formula is C23H28BrClN2O3. The molecule has 2 amide bonds. The topological polar surface area (TPSA) is 58.6 Å². The van der Waals surface area contributed by atoms with Gasteiger partial charge in [0.25, 0.3) is 5.91 Å². The molecule has 5 nitrogen and oxygen atoms in total. The Bertz CT molecular complexity index is 829. The quantitative estimate of drug-likeness (QED) is 0.436. The van der Waals surface area contributed by atoms with Gasteiger partial charge >= 0.3 is 0 Å². The number of nitrogens with zero attached hydrogens (tertiary/aromatic N) is 1. The molecule has 162 valence electrons. The smallest absolute Gasteiger partial charge is 0.261 e. The van der Waals surface area contributed by atoms with Crippen molar-refractivity contribution in [1.29, 1.82) is 0 Å². The van der Waals surface area contributed by atoms with Crippen molar-refractivity contribution in [2.45, 2.75) is 45.7 Å². The third-order valence-corrected chi connectivity index (χ3v) is 5.59. The van der Waals surface area contributed by atoms with Gasteiger partial charge in [-0.3, -0.25) is 9.59 Å². The van der Waals surface area contributed by atoms with Crippen molar-refractivity contribution in [3.63, 3.8) is 0 Å². The highest BCUT2D eigenvalue weighted by atomic mass is 79.9. The lowest BCUT2D eigenvalue weighted by atomic mass is 10.1. The van der Waals surface area contributed by atoms with E-state index in [0.717, 1.165) is 22.9 Å². The van der Waals surface area contributed by atoms with Crippen LogP contribution in [0.3, 0.4) is 0 Å². The molecule has 0 aromatic heterocycles. The van der Waals surface area contributed by atoms with Crippen molar-refractivity contribution in [1.82, 2.24) is 10.2 Å². The van der Waals surface area contributed by atoms with Crippen LogP contribution in [0.15, 0.2) is 53.0 Å². The number of carbonyl (C=O) groups excluding carboxylic acids is 2. The largest absolute Gasteiger partial charge is 0.484 e. The van der Waals surface area contributed by atoms with Crippen LogP contribution in [0, 0.1) is 0 Å². The van der Waals surface area contributed by atoms with Gasteiger partial charge in [-0.2, -0.15) is 0 Å². The molecule has 1 atom stereocenters.